The van der Waals surface area contributed by atoms with Crippen molar-refractivity contribution in [2.45, 2.75) is 13.5 Å². The molecule has 0 amide bonds. The van der Waals surface area contributed by atoms with Crippen LogP contribution in [0, 0.1) is 6.92 Å². The van der Waals surface area contributed by atoms with E-state index in [1.165, 1.54) is 5.56 Å². The van der Waals surface area contributed by atoms with Crippen molar-refractivity contribution in [2.75, 3.05) is 17.2 Å². The van der Waals surface area contributed by atoms with Crippen molar-refractivity contribution in [1.82, 2.24) is 9.97 Å². The van der Waals surface area contributed by atoms with Crippen molar-refractivity contribution in [3.63, 3.8) is 0 Å². The van der Waals surface area contributed by atoms with Crippen LogP contribution in [0.3, 0.4) is 0 Å². The minimum atomic E-state index is 0.635. The molecule has 0 aliphatic carbocycles. The molecule has 0 aliphatic heterocycles. The van der Waals surface area contributed by atoms with Gasteiger partial charge in [-0.15, -0.1) is 6.58 Å². The van der Waals surface area contributed by atoms with Crippen molar-refractivity contribution < 1.29 is 0 Å². The lowest BCUT2D eigenvalue weighted by atomic mass is 10.2. The molecule has 1 aromatic heterocycles. The number of nitrogens with zero attached hydrogens (tertiary/aromatic N) is 2. The Labute approximate surface area is 113 Å². The predicted octanol–water partition coefficient (Wildman–Crippen LogP) is 3.00. The molecule has 0 aliphatic rings. The molecule has 0 spiro atoms. The fourth-order valence-electron chi connectivity index (χ4n) is 1.69. The zero-order valence-corrected chi connectivity index (χ0v) is 11.1. The molecule has 0 atom stereocenters. The average Bonchev–Trinajstić information content (AvgIpc) is 2.43. The summed E-state index contributed by atoms with van der Waals surface area (Å²) in [5.74, 6) is 1.44. The van der Waals surface area contributed by atoms with Gasteiger partial charge in [-0.3, -0.25) is 0 Å². The van der Waals surface area contributed by atoms with Crippen molar-refractivity contribution in [1.29, 1.82) is 0 Å². The topological polar surface area (TPSA) is 49.8 Å². The molecule has 0 bridgehead atoms. The highest BCUT2D eigenvalue weighted by atomic mass is 15.1. The fraction of sp³-hybridized carbons (Fsp3) is 0.200. The summed E-state index contributed by atoms with van der Waals surface area (Å²) >= 11 is 0. The van der Waals surface area contributed by atoms with Gasteiger partial charge >= 0.3 is 0 Å². The van der Waals surface area contributed by atoms with Gasteiger partial charge in [0, 0.05) is 24.8 Å². The molecule has 0 unspecified atom stereocenters. The molecule has 1 heterocycles. The highest BCUT2D eigenvalue weighted by Gasteiger charge is 2.01. The van der Waals surface area contributed by atoms with E-state index in [0.29, 0.717) is 19.0 Å². The van der Waals surface area contributed by atoms with E-state index >= 15 is 0 Å². The molecule has 4 nitrogen and oxygen atoms in total. The van der Waals surface area contributed by atoms with Gasteiger partial charge in [0.05, 0.1) is 0 Å². The van der Waals surface area contributed by atoms with Crippen molar-refractivity contribution in [3.05, 3.63) is 60.3 Å². The second-order valence-electron chi connectivity index (χ2n) is 4.23. The summed E-state index contributed by atoms with van der Waals surface area (Å²) in [7, 11) is 0. The van der Waals surface area contributed by atoms with Gasteiger partial charge in [-0.1, -0.05) is 36.4 Å². The summed E-state index contributed by atoms with van der Waals surface area (Å²) in [6.07, 6.45) is 1.80. The van der Waals surface area contributed by atoms with E-state index in [1.54, 1.807) is 6.08 Å². The number of hydrogen-bond acceptors (Lipinski definition) is 4. The van der Waals surface area contributed by atoms with E-state index in [4.69, 9.17) is 0 Å². The molecule has 4 heteroatoms. The van der Waals surface area contributed by atoms with Crippen molar-refractivity contribution >= 4 is 11.8 Å². The summed E-state index contributed by atoms with van der Waals surface area (Å²) in [5.41, 5.74) is 2.13. The van der Waals surface area contributed by atoms with Crippen LogP contribution in [0.15, 0.2) is 49.1 Å². The summed E-state index contributed by atoms with van der Waals surface area (Å²) in [5, 5.41) is 6.40. The Bertz CT molecular complexity index is 537. The summed E-state index contributed by atoms with van der Waals surface area (Å²) < 4.78 is 0. The molecule has 19 heavy (non-hydrogen) atoms. The standard InChI is InChI=1S/C15H18N4/c1-3-9-16-14-10-12(2)18-15(19-14)17-11-13-7-5-4-6-8-13/h3-8,10H,1,9,11H2,2H3,(H2,16,17,18,19). The first kappa shape index (κ1) is 13.1. The lowest BCUT2D eigenvalue weighted by Gasteiger charge is -2.09. The van der Waals surface area contributed by atoms with E-state index in [9.17, 15) is 0 Å². The third-order valence-corrected chi connectivity index (χ3v) is 2.58. The maximum atomic E-state index is 4.41. The highest BCUT2D eigenvalue weighted by Crippen LogP contribution is 2.10. The fourth-order valence-corrected chi connectivity index (χ4v) is 1.69. The van der Waals surface area contributed by atoms with Crippen molar-refractivity contribution in [2.24, 2.45) is 0 Å². The second-order valence-corrected chi connectivity index (χ2v) is 4.23. The van der Waals surface area contributed by atoms with Crippen LogP contribution in [-0.4, -0.2) is 16.5 Å². The predicted molar refractivity (Wildman–Crippen MR) is 79.2 cm³/mol. The molecule has 0 saturated heterocycles. The second kappa shape index (κ2) is 6.54. The number of hydrogen-bond donors (Lipinski definition) is 2. The number of nitrogens with one attached hydrogen (secondary N) is 2. The van der Waals surface area contributed by atoms with E-state index in [-0.39, 0.29) is 0 Å². The van der Waals surface area contributed by atoms with Gasteiger partial charge in [-0.2, -0.15) is 4.98 Å². The SMILES string of the molecule is C=CCNc1cc(C)nc(NCc2ccccc2)n1. The minimum absolute atomic E-state index is 0.635. The molecule has 2 aromatic rings. The number of aryl methyl sites for hydroxylation is 1. The van der Waals surface area contributed by atoms with Crippen LogP contribution in [0.5, 0.6) is 0 Å². The van der Waals surface area contributed by atoms with Crippen LogP contribution in [0.2, 0.25) is 0 Å². The molecule has 0 saturated carbocycles. The molecule has 1 aromatic carbocycles. The maximum Gasteiger partial charge on any atom is 0.225 e. The Morgan fingerprint density at radius 3 is 2.68 bits per heavy atom. The third kappa shape index (κ3) is 4.10. The summed E-state index contributed by atoms with van der Waals surface area (Å²) in [4.78, 5) is 8.77. The number of aromatic nitrogens is 2. The smallest absolute Gasteiger partial charge is 0.225 e. The Morgan fingerprint density at radius 1 is 1.16 bits per heavy atom. The Balaban J connectivity index is 2.03. The van der Waals surface area contributed by atoms with Crippen LogP contribution in [-0.2, 0) is 6.54 Å². The summed E-state index contributed by atoms with van der Waals surface area (Å²) in [6.45, 7) is 7.03. The van der Waals surface area contributed by atoms with Gasteiger partial charge in [-0.25, -0.2) is 4.98 Å². The van der Waals surface area contributed by atoms with Gasteiger partial charge in [-0.05, 0) is 12.5 Å². The summed E-state index contributed by atoms with van der Waals surface area (Å²) in [6, 6.07) is 12.1. The Morgan fingerprint density at radius 2 is 1.95 bits per heavy atom. The third-order valence-electron chi connectivity index (χ3n) is 2.58. The molecular weight excluding hydrogens is 236 g/mol. The lowest BCUT2D eigenvalue weighted by Crippen LogP contribution is -2.07. The quantitative estimate of drug-likeness (QED) is 0.778. The number of benzene rings is 1. The van der Waals surface area contributed by atoms with Gasteiger partial charge in [0.15, 0.2) is 0 Å². The van der Waals surface area contributed by atoms with Crippen LogP contribution in [0.1, 0.15) is 11.3 Å². The lowest BCUT2D eigenvalue weighted by molar-refractivity contribution is 1.02. The normalized spacial score (nSPS) is 9.95. The number of anilines is 2. The van der Waals surface area contributed by atoms with Crippen LogP contribution >= 0.6 is 0 Å². The van der Waals surface area contributed by atoms with Gasteiger partial charge in [0.25, 0.3) is 0 Å². The zero-order valence-electron chi connectivity index (χ0n) is 11.1. The first-order valence-corrected chi connectivity index (χ1v) is 6.26. The monoisotopic (exact) mass is 254 g/mol. The van der Waals surface area contributed by atoms with E-state index in [1.807, 2.05) is 31.2 Å². The Hall–Kier alpha value is -2.36. The molecule has 0 radical (unpaired) electrons. The Kier molecular flexibility index (Phi) is 4.50. The van der Waals surface area contributed by atoms with Crippen LogP contribution in [0.4, 0.5) is 11.8 Å². The van der Waals surface area contributed by atoms with Crippen molar-refractivity contribution in [3.8, 4) is 0 Å². The molecule has 0 fully saturated rings. The van der Waals surface area contributed by atoms with Crippen LogP contribution in [0.25, 0.3) is 0 Å². The highest BCUT2D eigenvalue weighted by molar-refractivity contribution is 5.42. The first-order valence-electron chi connectivity index (χ1n) is 6.26. The number of rotatable bonds is 6. The average molecular weight is 254 g/mol. The maximum absolute atomic E-state index is 4.41. The van der Waals surface area contributed by atoms with Crippen LogP contribution < -0.4 is 10.6 Å². The minimum Gasteiger partial charge on any atom is -0.366 e. The molecule has 2 N–H and O–H groups in total. The molecular formula is C15H18N4. The zero-order chi connectivity index (χ0) is 13.5. The first-order chi connectivity index (χ1) is 9.28. The largest absolute Gasteiger partial charge is 0.366 e. The molecule has 98 valence electrons. The molecule has 2 rings (SSSR count). The van der Waals surface area contributed by atoms with E-state index in [2.05, 4.69) is 39.3 Å². The van der Waals surface area contributed by atoms with E-state index in [0.717, 1.165) is 11.5 Å². The van der Waals surface area contributed by atoms with E-state index < -0.39 is 0 Å². The van der Waals surface area contributed by atoms with Gasteiger partial charge < -0.3 is 10.6 Å². The van der Waals surface area contributed by atoms with Gasteiger partial charge in [0.1, 0.15) is 5.82 Å². The van der Waals surface area contributed by atoms with Gasteiger partial charge in [0.2, 0.25) is 5.95 Å².